The van der Waals surface area contributed by atoms with Crippen molar-refractivity contribution in [1.29, 1.82) is 0 Å². The summed E-state index contributed by atoms with van der Waals surface area (Å²) in [7, 11) is 0. The molecule has 2 N–H and O–H groups in total. The van der Waals surface area contributed by atoms with E-state index < -0.39 is 0 Å². The highest BCUT2D eigenvalue weighted by molar-refractivity contribution is 5.85. The highest BCUT2D eigenvalue weighted by Crippen LogP contribution is 2.29. The second kappa shape index (κ2) is 8.95. The van der Waals surface area contributed by atoms with Gasteiger partial charge in [0.2, 0.25) is 0 Å². The van der Waals surface area contributed by atoms with Crippen LogP contribution in [0.2, 0.25) is 0 Å². The van der Waals surface area contributed by atoms with Crippen molar-refractivity contribution in [1.82, 2.24) is 0 Å². The van der Waals surface area contributed by atoms with Crippen LogP contribution in [0.1, 0.15) is 48.6 Å². The van der Waals surface area contributed by atoms with E-state index in [1.165, 1.54) is 11.1 Å². The third-order valence-electron chi connectivity index (χ3n) is 3.86. The molecule has 0 heterocycles. The molecule has 3 heteroatoms. The molecular weight excluding hydrogens is 306 g/mol. The van der Waals surface area contributed by atoms with Crippen molar-refractivity contribution in [2.45, 2.75) is 46.8 Å². The van der Waals surface area contributed by atoms with Crippen LogP contribution in [0.5, 0.6) is 5.75 Å². The van der Waals surface area contributed by atoms with Crippen molar-refractivity contribution in [3.63, 3.8) is 0 Å². The van der Waals surface area contributed by atoms with Crippen LogP contribution in [0.4, 0.5) is 0 Å². The van der Waals surface area contributed by atoms with Crippen molar-refractivity contribution in [3.8, 4) is 5.75 Å². The number of nitrogens with two attached hydrogens (primary N) is 1. The minimum Gasteiger partial charge on any atom is -0.488 e. The number of aryl methyl sites for hydroxylation is 2. The molecule has 1 atom stereocenters. The van der Waals surface area contributed by atoms with E-state index in [2.05, 4.69) is 52.0 Å². The van der Waals surface area contributed by atoms with E-state index in [0.717, 1.165) is 23.3 Å². The predicted molar refractivity (Wildman–Crippen MR) is 100 cm³/mol. The SMILES string of the molecule is Cc1cc([C@H](N)CC(C)C)cc(C)c1OCc1ccccc1.Cl. The third kappa shape index (κ3) is 5.56. The lowest BCUT2D eigenvalue weighted by Gasteiger charge is -2.19. The van der Waals surface area contributed by atoms with Gasteiger partial charge in [0, 0.05) is 6.04 Å². The van der Waals surface area contributed by atoms with Crippen molar-refractivity contribution in [2.75, 3.05) is 0 Å². The van der Waals surface area contributed by atoms with Gasteiger partial charge >= 0.3 is 0 Å². The van der Waals surface area contributed by atoms with Crippen LogP contribution in [-0.4, -0.2) is 0 Å². The molecule has 0 amide bonds. The number of halogens is 1. The molecule has 2 nitrogen and oxygen atoms in total. The van der Waals surface area contributed by atoms with Gasteiger partial charge in [0.1, 0.15) is 12.4 Å². The number of hydrogen-bond donors (Lipinski definition) is 1. The Bertz CT molecular complexity index is 587. The van der Waals surface area contributed by atoms with Crippen LogP contribution in [-0.2, 0) is 6.61 Å². The van der Waals surface area contributed by atoms with E-state index in [1.54, 1.807) is 0 Å². The zero-order valence-electron chi connectivity index (χ0n) is 14.5. The smallest absolute Gasteiger partial charge is 0.125 e. The Morgan fingerprint density at radius 2 is 1.57 bits per heavy atom. The lowest BCUT2D eigenvalue weighted by atomic mass is 9.95. The number of benzene rings is 2. The number of rotatable bonds is 6. The molecule has 2 aromatic carbocycles. The van der Waals surface area contributed by atoms with Gasteiger partial charge in [0.15, 0.2) is 0 Å². The van der Waals surface area contributed by atoms with Crippen molar-refractivity contribution < 1.29 is 4.74 Å². The molecular formula is C20H28ClNO. The molecule has 0 saturated heterocycles. The fraction of sp³-hybridized carbons (Fsp3) is 0.400. The first-order valence-corrected chi connectivity index (χ1v) is 8.00. The van der Waals surface area contributed by atoms with Gasteiger partial charge in [-0.15, -0.1) is 12.4 Å². The molecule has 0 aliphatic heterocycles. The van der Waals surface area contributed by atoms with Crippen LogP contribution in [0, 0.1) is 19.8 Å². The minimum atomic E-state index is 0. The molecule has 126 valence electrons. The maximum Gasteiger partial charge on any atom is 0.125 e. The molecule has 0 aliphatic carbocycles. The lowest BCUT2D eigenvalue weighted by Crippen LogP contribution is -2.13. The van der Waals surface area contributed by atoms with Gasteiger partial charge in [0.25, 0.3) is 0 Å². The Morgan fingerprint density at radius 1 is 1.00 bits per heavy atom. The largest absolute Gasteiger partial charge is 0.488 e. The van der Waals surface area contributed by atoms with Crippen LogP contribution < -0.4 is 10.5 Å². The van der Waals surface area contributed by atoms with Gasteiger partial charge < -0.3 is 10.5 Å². The van der Waals surface area contributed by atoms with Crippen molar-refractivity contribution in [3.05, 3.63) is 64.7 Å². The predicted octanol–water partition coefficient (Wildman–Crippen LogP) is 5.35. The zero-order valence-corrected chi connectivity index (χ0v) is 15.3. The molecule has 0 fully saturated rings. The fourth-order valence-electron chi connectivity index (χ4n) is 2.80. The summed E-state index contributed by atoms with van der Waals surface area (Å²) in [6.07, 6.45) is 1.00. The van der Waals surface area contributed by atoms with Gasteiger partial charge in [-0.05, 0) is 48.4 Å². The summed E-state index contributed by atoms with van der Waals surface area (Å²) < 4.78 is 6.03. The van der Waals surface area contributed by atoms with Gasteiger partial charge in [-0.2, -0.15) is 0 Å². The standard InChI is InChI=1S/C20H27NO.ClH/c1-14(2)10-19(21)18-11-15(3)20(16(4)12-18)22-13-17-8-6-5-7-9-17;/h5-9,11-12,14,19H,10,13,21H2,1-4H3;1H/t19-;/m1./s1. The van der Waals surface area contributed by atoms with Crippen molar-refractivity contribution >= 4 is 12.4 Å². The minimum absolute atomic E-state index is 0. The molecule has 2 aromatic rings. The van der Waals surface area contributed by atoms with Gasteiger partial charge in [0.05, 0.1) is 0 Å². The second-order valence-electron chi connectivity index (χ2n) is 6.49. The average Bonchev–Trinajstić information content (AvgIpc) is 2.46. The summed E-state index contributed by atoms with van der Waals surface area (Å²) in [5, 5.41) is 0. The maximum absolute atomic E-state index is 6.31. The van der Waals surface area contributed by atoms with Crippen LogP contribution in [0.15, 0.2) is 42.5 Å². The van der Waals surface area contributed by atoms with Crippen molar-refractivity contribution in [2.24, 2.45) is 11.7 Å². The Labute approximate surface area is 146 Å². The molecule has 0 spiro atoms. The first-order valence-electron chi connectivity index (χ1n) is 8.00. The lowest BCUT2D eigenvalue weighted by molar-refractivity contribution is 0.301. The molecule has 23 heavy (non-hydrogen) atoms. The van der Waals surface area contributed by atoms with E-state index in [-0.39, 0.29) is 18.4 Å². The molecule has 2 rings (SSSR count). The highest BCUT2D eigenvalue weighted by atomic mass is 35.5. The summed E-state index contributed by atoms with van der Waals surface area (Å²) in [6, 6.07) is 14.7. The topological polar surface area (TPSA) is 35.2 Å². The normalized spacial score (nSPS) is 11.9. The molecule has 0 unspecified atom stereocenters. The molecule has 0 bridgehead atoms. The number of ether oxygens (including phenoxy) is 1. The summed E-state index contributed by atoms with van der Waals surface area (Å²) in [4.78, 5) is 0. The van der Waals surface area contributed by atoms with E-state index in [4.69, 9.17) is 10.5 Å². The Morgan fingerprint density at radius 3 is 2.09 bits per heavy atom. The first kappa shape index (κ1) is 19.5. The van der Waals surface area contributed by atoms with Crippen LogP contribution in [0.25, 0.3) is 0 Å². The summed E-state index contributed by atoms with van der Waals surface area (Å²) >= 11 is 0. The third-order valence-corrected chi connectivity index (χ3v) is 3.86. The fourth-order valence-corrected chi connectivity index (χ4v) is 2.80. The van der Waals surface area contributed by atoms with Crippen LogP contribution >= 0.6 is 12.4 Å². The van der Waals surface area contributed by atoms with E-state index in [0.29, 0.717) is 12.5 Å². The Kier molecular flexibility index (Phi) is 7.60. The summed E-state index contributed by atoms with van der Waals surface area (Å²) in [5.41, 5.74) is 11.0. The summed E-state index contributed by atoms with van der Waals surface area (Å²) in [5.74, 6) is 1.58. The summed E-state index contributed by atoms with van der Waals surface area (Å²) in [6.45, 7) is 9.20. The maximum atomic E-state index is 6.31. The monoisotopic (exact) mass is 333 g/mol. The molecule has 0 aliphatic rings. The highest BCUT2D eigenvalue weighted by Gasteiger charge is 2.13. The second-order valence-corrected chi connectivity index (χ2v) is 6.49. The first-order chi connectivity index (χ1) is 10.5. The van der Waals surface area contributed by atoms with Gasteiger partial charge in [-0.3, -0.25) is 0 Å². The Balaban J connectivity index is 0.00000264. The number of hydrogen-bond acceptors (Lipinski definition) is 2. The van der Waals surface area contributed by atoms with E-state index in [1.807, 2.05) is 18.2 Å². The quantitative estimate of drug-likeness (QED) is 0.773. The Hall–Kier alpha value is -1.51. The van der Waals surface area contributed by atoms with Gasteiger partial charge in [-0.1, -0.05) is 56.3 Å². The molecule has 0 saturated carbocycles. The average molecular weight is 334 g/mol. The van der Waals surface area contributed by atoms with Gasteiger partial charge in [-0.25, -0.2) is 0 Å². The van der Waals surface area contributed by atoms with E-state index in [9.17, 15) is 0 Å². The molecule has 0 aromatic heterocycles. The molecule has 0 radical (unpaired) electrons. The van der Waals surface area contributed by atoms with Crippen LogP contribution in [0.3, 0.4) is 0 Å². The van der Waals surface area contributed by atoms with E-state index >= 15 is 0 Å². The zero-order chi connectivity index (χ0) is 16.1.